The minimum Gasteiger partial charge on any atom is -0.495 e. The molecular formula is C17H19ClN2O3. The SMILES string of the molecule is COc1ccccc1NCC(=O)NCCOc1ccc(Cl)cc1. The van der Waals surface area contributed by atoms with E-state index >= 15 is 0 Å². The Hall–Kier alpha value is -2.40. The highest BCUT2D eigenvalue weighted by molar-refractivity contribution is 6.30. The lowest BCUT2D eigenvalue weighted by molar-refractivity contribution is -0.119. The van der Waals surface area contributed by atoms with Crippen molar-refractivity contribution in [3.05, 3.63) is 53.6 Å². The number of rotatable bonds is 8. The molecule has 0 aliphatic carbocycles. The van der Waals surface area contributed by atoms with Crippen molar-refractivity contribution in [2.24, 2.45) is 0 Å². The van der Waals surface area contributed by atoms with E-state index in [4.69, 9.17) is 21.1 Å². The standard InChI is InChI=1S/C17H19ClN2O3/c1-22-16-5-3-2-4-15(16)20-12-17(21)19-10-11-23-14-8-6-13(18)7-9-14/h2-9,20H,10-12H2,1H3,(H,19,21). The molecule has 0 saturated heterocycles. The fourth-order valence-corrected chi connectivity index (χ4v) is 2.04. The van der Waals surface area contributed by atoms with E-state index < -0.39 is 0 Å². The normalized spacial score (nSPS) is 10.0. The molecule has 0 atom stereocenters. The van der Waals surface area contributed by atoms with Gasteiger partial charge in [-0.2, -0.15) is 0 Å². The van der Waals surface area contributed by atoms with E-state index in [1.54, 1.807) is 31.4 Å². The third kappa shape index (κ3) is 5.71. The summed E-state index contributed by atoms with van der Waals surface area (Å²) < 4.78 is 10.7. The molecular weight excluding hydrogens is 316 g/mol. The molecule has 0 radical (unpaired) electrons. The topological polar surface area (TPSA) is 59.6 Å². The second kappa shape index (κ2) is 8.90. The minimum atomic E-state index is -0.115. The van der Waals surface area contributed by atoms with Crippen LogP contribution < -0.4 is 20.1 Å². The highest BCUT2D eigenvalue weighted by atomic mass is 35.5. The molecule has 1 amide bonds. The van der Waals surface area contributed by atoms with Crippen LogP contribution in [0.4, 0.5) is 5.69 Å². The zero-order valence-corrected chi connectivity index (χ0v) is 13.6. The molecule has 0 heterocycles. The molecule has 23 heavy (non-hydrogen) atoms. The number of hydrogen-bond donors (Lipinski definition) is 2. The molecule has 0 aromatic heterocycles. The quantitative estimate of drug-likeness (QED) is 0.729. The molecule has 2 aromatic rings. The van der Waals surface area contributed by atoms with Gasteiger partial charge in [0, 0.05) is 5.02 Å². The van der Waals surface area contributed by atoms with Gasteiger partial charge in [0.05, 0.1) is 25.9 Å². The molecule has 2 N–H and O–H groups in total. The summed E-state index contributed by atoms with van der Waals surface area (Å²) in [6.45, 7) is 0.985. The number of amides is 1. The molecule has 6 heteroatoms. The van der Waals surface area contributed by atoms with E-state index in [1.807, 2.05) is 24.3 Å². The maximum atomic E-state index is 11.8. The largest absolute Gasteiger partial charge is 0.495 e. The van der Waals surface area contributed by atoms with Crippen LogP contribution in [0.15, 0.2) is 48.5 Å². The van der Waals surface area contributed by atoms with Crippen molar-refractivity contribution in [2.75, 3.05) is 32.1 Å². The van der Waals surface area contributed by atoms with Crippen molar-refractivity contribution in [3.63, 3.8) is 0 Å². The maximum Gasteiger partial charge on any atom is 0.239 e. The van der Waals surface area contributed by atoms with Gasteiger partial charge in [-0.05, 0) is 36.4 Å². The van der Waals surface area contributed by atoms with Crippen molar-refractivity contribution in [1.29, 1.82) is 0 Å². The summed E-state index contributed by atoms with van der Waals surface area (Å²) in [7, 11) is 1.59. The number of benzene rings is 2. The third-order valence-corrected chi connectivity index (χ3v) is 3.30. The summed E-state index contributed by atoms with van der Waals surface area (Å²) in [5.74, 6) is 1.30. The summed E-state index contributed by atoms with van der Waals surface area (Å²) in [5.41, 5.74) is 0.780. The fourth-order valence-electron chi connectivity index (χ4n) is 1.92. The molecule has 122 valence electrons. The second-order valence-electron chi connectivity index (χ2n) is 4.71. The van der Waals surface area contributed by atoms with Crippen molar-refractivity contribution < 1.29 is 14.3 Å². The molecule has 0 spiro atoms. The van der Waals surface area contributed by atoms with Crippen molar-refractivity contribution in [1.82, 2.24) is 5.32 Å². The van der Waals surface area contributed by atoms with Gasteiger partial charge in [0.25, 0.3) is 0 Å². The number of methoxy groups -OCH3 is 1. The van der Waals surface area contributed by atoms with Crippen LogP contribution in [-0.4, -0.2) is 32.7 Å². The average molecular weight is 335 g/mol. The van der Waals surface area contributed by atoms with Crippen LogP contribution in [0.5, 0.6) is 11.5 Å². The fraction of sp³-hybridized carbons (Fsp3) is 0.235. The smallest absolute Gasteiger partial charge is 0.239 e. The van der Waals surface area contributed by atoms with Crippen LogP contribution in [-0.2, 0) is 4.79 Å². The Morgan fingerprint density at radius 2 is 1.87 bits per heavy atom. The number of carbonyl (C=O) groups is 1. The summed E-state index contributed by atoms with van der Waals surface area (Å²) in [4.78, 5) is 11.8. The molecule has 0 saturated carbocycles. The van der Waals surface area contributed by atoms with Crippen molar-refractivity contribution in [2.45, 2.75) is 0 Å². The van der Waals surface area contributed by atoms with Gasteiger partial charge in [0.2, 0.25) is 5.91 Å². The van der Waals surface area contributed by atoms with Crippen LogP contribution in [0.3, 0.4) is 0 Å². The number of nitrogens with one attached hydrogen (secondary N) is 2. The molecule has 0 fully saturated rings. The monoisotopic (exact) mass is 334 g/mol. The highest BCUT2D eigenvalue weighted by Gasteiger charge is 2.04. The zero-order valence-electron chi connectivity index (χ0n) is 12.8. The lowest BCUT2D eigenvalue weighted by Gasteiger charge is -2.11. The molecule has 5 nitrogen and oxygen atoms in total. The number of para-hydroxylation sites is 2. The van der Waals surface area contributed by atoms with E-state index in [0.717, 1.165) is 11.4 Å². The molecule has 2 rings (SSSR count). The second-order valence-corrected chi connectivity index (χ2v) is 5.14. The Morgan fingerprint density at radius 3 is 2.61 bits per heavy atom. The lowest BCUT2D eigenvalue weighted by atomic mass is 10.3. The molecule has 0 aliphatic heterocycles. The predicted molar refractivity (Wildman–Crippen MR) is 91.4 cm³/mol. The Bertz CT molecular complexity index is 632. The molecule has 0 unspecified atom stereocenters. The van der Waals surface area contributed by atoms with E-state index in [1.165, 1.54) is 0 Å². The molecule has 2 aromatic carbocycles. The zero-order chi connectivity index (χ0) is 16.5. The Kier molecular flexibility index (Phi) is 6.56. The number of anilines is 1. The van der Waals surface area contributed by atoms with Crippen LogP contribution in [0.25, 0.3) is 0 Å². The van der Waals surface area contributed by atoms with Gasteiger partial charge in [-0.3, -0.25) is 4.79 Å². The number of hydrogen-bond acceptors (Lipinski definition) is 4. The predicted octanol–water partition coefficient (Wildman–Crippen LogP) is 2.96. The first-order valence-electron chi connectivity index (χ1n) is 7.21. The van der Waals surface area contributed by atoms with Crippen molar-refractivity contribution in [3.8, 4) is 11.5 Å². The minimum absolute atomic E-state index is 0.115. The van der Waals surface area contributed by atoms with E-state index in [2.05, 4.69) is 10.6 Å². The summed E-state index contributed by atoms with van der Waals surface area (Å²) >= 11 is 5.79. The van der Waals surface area contributed by atoms with E-state index in [0.29, 0.717) is 23.9 Å². The molecule has 0 bridgehead atoms. The van der Waals surface area contributed by atoms with Gasteiger partial charge in [-0.25, -0.2) is 0 Å². The van der Waals surface area contributed by atoms with Gasteiger partial charge < -0.3 is 20.1 Å². The highest BCUT2D eigenvalue weighted by Crippen LogP contribution is 2.22. The third-order valence-electron chi connectivity index (χ3n) is 3.05. The van der Waals surface area contributed by atoms with Crippen molar-refractivity contribution >= 4 is 23.2 Å². The van der Waals surface area contributed by atoms with E-state index in [-0.39, 0.29) is 12.5 Å². The molecule has 0 aliphatic rings. The van der Waals surface area contributed by atoms with Crippen LogP contribution in [0, 0.1) is 0 Å². The first-order valence-corrected chi connectivity index (χ1v) is 7.59. The lowest BCUT2D eigenvalue weighted by Crippen LogP contribution is -2.33. The first kappa shape index (κ1) is 17.0. The average Bonchev–Trinajstić information content (AvgIpc) is 2.58. The Labute approximate surface area is 140 Å². The summed E-state index contributed by atoms with van der Waals surface area (Å²) in [6.07, 6.45) is 0. The van der Waals surface area contributed by atoms with E-state index in [9.17, 15) is 4.79 Å². The first-order chi connectivity index (χ1) is 11.2. The van der Waals surface area contributed by atoms with Crippen LogP contribution >= 0.6 is 11.6 Å². The number of carbonyl (C=O) groups excluding carboxylic acids is 1. The van der Waals surface area contributed by atoms with Gasteiger partial charge in [-0.15, -0.1) is 0 Å². The number of halogens is 1. The Morgan fingerprint density at radius 1 is 1.13 bits per heavy atom. The van der Waals surface area contributed by atoms with Gasteiger partial charge in [-0.1, -0.05) is 23.7 Å². The maximum absolute atomic E-state index is 11.8. The Balaban J connectivity index is 1.66. The summed E-state index contributed by atoms with van der Waals surface area (Å²) in [5, 5.41) is 6.48. The van der Waals surface area contributed by atoms with Crippen LogP contribution in [0.1, 0.15) is 0 Å². The van der Waals surface area contributed by atoms with Gasteiger partial charge in [0.15, 0.2) is 0 Å². The van der Waals surface area contributed by atoms with Crippen LogP contribution in [0.2, 0.25) is 5.02 Å². The van der Waals surface area contributed by atoms with Gasteiger partial charge in [0.1, 0.15) is 18.1 Å². The number of ether oxygens (including phenoxy) is 2. The summed E-state index contributed by atoms with van der Waals surface area (Å²) in [6, 6.07) is 14.5. The van der Waals surface area contributed by atoms with Gasteiger partial charge >= 0.3 is 0 Å².